The molecule has 0 unspecified atom stereocenters. The monoisotopic (exact) mass is 264 g/mol. The lowest BCUT2D eigenvalue weighted by Gasteiger charge is -2.29. The molecule has 0 aliphatic heterocycles. The summed E-state index contributed by atoms with van der Waals surface area (Å²) in [6, 6.07) is 0. The maximum Gasteiger partial charge on any atom is 0.331 e. The van der Waals surface area contributed by atoms with Crippen LogP contribution in [0.25, 0.3) is 0 Å². The lowest BCUT2D eigenvalue weighted by Crippen LogP contribution is -2.20. The van der Waals surface area contributed by atoms with Gasteiger partial charge in [-0.05, 0) is 31.6 Å². The van der Waals surface area contributed by atoms with Crippen LogP contribution in [0.15, 0.2) is 0 Å². The molecule has 3 nitrogen and oxygen atoms in total. The number of hydrogen-bond acceptors (Lipinski definition) is 3. The first-order chi connectivity index (χ1) is 7.74. The SMILES string of the molecule is CCOP(=O)(CC(C)(C)CCC(C)C)OCC. The van der Waals surface area contributed by atoms with Crippen molar-refractivity contribution in [1.29, 1.82) is 0 Å². The normalized spacial score (nSPS) is 13.4. The third-order valence-electron chi connectivity index (χ3n) is 2.67. The summed E-state index contributed by atoms with van der Waals surface area (Å²) in [5, 5.41) is 0. The molecule has 0 aromatic carbocycles. The Bertz CT molecular complexity index is 239. The molecule has 104 valence electrons. The molecule has 0 spiro atoms. The Labute approximate surface area is 107 Å². The van der Waals surface area contributed by atoms with E-state index in [2.05, 4.69) is 27.7 Å². The molecule has 0 aromatic rings. The molecule has 0 saturated heterocycles. The van der Waals surface area contributed by atoms with Crippen molar-refractivity contribution in [3.63, 3.8) is 0 Å². The van der Waals surface area contributed by atoms with Crippen molar-refractivity contribution in [1.82, 2.24) is 0 Å². The molecule has 0 rings (SSSR count). The first kappa shape index (κ1) is 17.2. The highest BCUT2D eigenvalue weighted by atomic mass is 31.2. The van der Waals surface area contributed by atoms with E-state index in [0.717, 1.165) is 12.8 Å². The van der Waals surface area contributed by atoms with E-state index < -0.39 is 7.60 Å². The van der Waals surface area contributed by atoms with Crippen LogP contribution < -0.4 is 0 Å². The first-order valence-corrected chi connectivity index (χ1v) is 8.35. The van der Waals surface area contributed by atoms with Crippen molar-refractivity contribution >= 4 is 7.60 Å². The Balaban J connectivity index is 4.46. The van der Waals surface area contributed by atoms with Gasteiger partial charge in [0.1, 0.15) is 0 Å². The van der Waals surface area contributed by atoms with Crippen molar-refractivity contribution in [3.05, 3.63) is 0 Å². The van der Waals surface area contributed by atoms with Crippen molar-refractivity contribution < 1.29 is 13.6 Å². The van der Waals surface area contributed by atoms with Crippen LogP contribution in [0.2, 0.25) is 0 Å². The van der Waals surface area contributed by atoms with Crippen LogP contribution in [0.4, 0.5) is 0 Å². The van der Waals surface area contributed by atoms with Crippen LogP contribution in [0.5, 0.6) is 0 Å². The molecule has 0 N–H and O–H groups in total. The molecule has 0 saturated carbocycles. The van der Waals surface area contributed by atoms with E-state index in [1.807, 2.05) is 13.8 Å². The molecule has 0 bridgehead atoms. The van der Waals surface area contributed by atoms with E-state index in [1.165, 1.54) is 0 Å². The highest BCUT2D eigenvalue weighted by Gasteiger charge is 2.33. The zero-order valence-corrected chi connectivity index (χ0v) is 13.2. The van der Waals surface area contributed by atoms with Gasteiger partial charge in [0, 0.05) is 0 Å². The van der Waals surface area contributed by atoms with Gasteiger partial charge in [-0.15, -0.1) is 0 Å². The molecule has 0 aliphatic carbocycles. The van der Waals surface area contributed by atoms with Gasteiger partial charge < -0.3 is 9.05 Å². The second kappa shape index (κ2) is 7.56. The van der Waals surface area contributed by atoms with Crippen LogP contribution >= 0.6 is 7.60 Å². The third-order valence-corrected chi connectivity index (χ3v) is 5.22. The Hall–Kier alpha value is 0.150. The van der Waals surface area contributed by atoms with Gasteiger partial charge in [0.2, 0.25) is 0 Å². The minimum Gasteiger partial charge on any atom is -0.309 e. The maximum absolute atomic E-state index is 12.4. The van der Waals surface area contributed by atoms with Crippen molar-refractivity contribution in [2.45, 2.75) is 54.4 Å². The van der Waals surface area contributed by atoms with Gasteiger partial charge >= 0.3 is 7.60 Å². The van der Waals surface area contributed by atoms with Crippen LogP contribution in [-0.4, -0.2) is 19.4 Å². The minimum atomic E-state index is -2.90. The fourth-order valence-electron chi connectivity index (χ4n) is 1.80. The van der Waals surface area contributed by atoms with Crippen molar-refractivity contribution in [2.75, 3.05) is 19.4 Å². The largest absolute Gasteiger partial charge is 0.331 e. The summed E-state index contributed by atoms with van der Waals surface area (Å²) < 4.78 is 23.1. The summed E-state index contributed by atoms with van der Waals surface area (Å²) in [7, 11) is -2.90. The van der Waals surface area contributed by atoms with E-state index in [1.54, 1.807) is 0 Å². The molecule has 0 fully saturated rings. The second-order valence-electron chi connectivity index (χ2n) is 5.70. The van der Waals surface area contributed by atoms with Gasteiger partial charge in [-0.2, -0.15) is 0 Å². The summed E-state index contributed by atoms with van der Waals surface area (Å²) in [6.07, 6.45) is 2.70. The van der Waals surface area contributed by atoms with Crippen LogP contribution in [0.1, 0.15) is 54.4 Å². The Morgan fingerprint density at radius 3 is 1.94 bits per heavy atom. The minimum absolute atomic E-state index is 0.00410. The summed E-state index contributed by atoms with van der Waals surface area (Å²) in [5.74, 6) is 0.674. The molecule has 0 radical (unpaired) electrons. The summed E-state index contributed by atoms with van der Waals surface area (Å²) in [4.78, 5) is 0. The Morgan fingerprint density at radius 2 is 1.59 bits per heavy atom. The van der Waals surface area contributed by atoms with Gasteiger partial charge in [0.15, 0.2) is 0 Å². The van der Waals surface area contributed by atoms with Gasteiger partial charge in [-0.25, -0.2) is 0 Å². The highest BCUT2D eigenvalue weighted by Crippen LogP contribution is 2.53. The van der Waals surface area contributed by atoms with E-state index in [4.69, 9.17) is 9.05 Å². The number of hydrogen-bond donors (Lipinski definition) is 0. The summed E-state index contributed by atoms with van der Waals surface area (Å²) in [6.45, 7) is 13.3. The van der Waals surface area contributed by atoms with E-state index in [0.29, 0.717) is 25.3 Å². The van der Waals surface area contributed by atoms with E-state index in [9.17, 15) is 4.57 Å². The zero-order chi connectivity index (χ0) is 13.5. The van der Waals surface area contributed by atoms with Crippen LogP contribution in [-0.2, 0) is 13.6 Å². The Morgan fingerprint density at radius 1 is 1.12 bits per heavy atom. The molecule has 17 heavy (non-hydrogen) atoms. The predicted octanol–water partition coefficient (Wildman–Crippen LogP) is 4.71. The molecular formula is C13H29O3P. The van der Waals surface area contributed by atoms with E-state index in [-0.39, 0.29) is 5.41 Å². The predicted molar refractivity (Wildman–Crippen MR) is 73.6 cm³/mol. The molecular weight excluding hydrogens is 235 g/mol. The molecule has 0 amide bonds. The first-order valence-electron chi connectivity index (χ1n) is 6.63. The fraction of sp³-hybridized carbons (Fsp3) is 1.00. The van der Waals surface area contributed by atoms with Gasteiger partial charge in [-0.1, -0.05) is 34.1 Å². The second-order valence-corrected chi connectivity index (χ2v) is 7.76. The van der Waals surface area contributed by atoms with Gasteiger partial charge in [-0.3, -0.25) is 4.57 Å². The molecule has 4 heteroatoms. The third kappa shape index (κ3) is 7.96. The smallest absolute Gasteiger partial charge is 0.309 e. The molecule has 0 atom stereocenters. The summed E-state index contributed by atoms with van der Waals surface area (Å²) in [5.41, 5.74) is 0.00410. The quantitative estimate of drug-likeness (QED) is 0.565. The molecule has 0 aliphatic rings. The van der Waals surface area contributed by atoms with E-state index >= 15 is 0 Å². The maximum atomic E-state index is 12.4. The zero-order valence-electron chi connectivity index (χ0n) is 12.3. The van der Waals surface area contributed by atoms with Gasteiger partial charge in [0.25, 0.3) is 0 Å². The highest BCUT2D eigenvalue weighted by molar-refractivity contribution is 7.53. The molecule has 0 heterocycles. The number of rotatable bonds is 9. The fourth-order valence-corrected chi connectivity index (χ4v) is 4.06. The topological polar surface area (TPSA) is 35.5 Å². The van der Waals surface area contributed by atoms with Crippen LogP contribution in [0.3, 0.4) is 0 Å². The van der Waals surface area contributed by atoms with Crippen molar-refractivity contribution in [3.8, 4) is 0 Å². The lowest BCUT2D eigenvalue weighted by atomic mass is 9.87. The van der Waals surface area contributed by atoms with Crippen molar-refractivity contribution in [2.24, 2.45) is 11.3 Å². The molecule has 0 aromatic heterocycles. The average molecular weight is 264 g/mol. The average Bonchev–Trinajstić information content (AvgIpc) is 2.14. The lowest BCUT2D eigenvalue weighted by molar-refractivity contribution is 0.204. The standard InChI is InChI=1S/C13H29O3P/c1-7-15-17(14,16-8-2)11-13(5,6)10-9-12(3)4/h12H,7-11H2,1-6H3. The van der Waals surface area contributed by atoms with Gasteiger partial charge in [0.05, 0.1) is 19.4 Å². The summed E-state index contributed by atoms with van der Waals surface area (Å²) >= 11 is 0. The van der Waals surface area contributed by atoms with Crippen LogP contribution in [0, 0.1) is 11.3 Å². The Kier molecular flexibility index (Phi) is 7.62.